The van der Waals surface area contributed by atoms with Crippen LogP contribution < -0.4 is 10.1 Å². The fourth-order valence-electron chi connectivity index (χ4n) is 2.74. The summed E-state index contributed by atoms with van der Waals surface area (Å²) >= 11 is 5.82. The van der Waals surface area contributed by atoms with Crippen LogP contribution in [-0.4, -0.2) is 19.1 Å². The standard InChI is InChI=1S/C21H20ClNO2/c22-18-9-11-19(12-10-18)25-15-14-23-21(24)13-8-17-6-3-5-16-4-1-2-7-20(16)17/h1-7,9-12H,8,13-15H2,(H,23,24). The van der Waals surface area contributed by atoms with Crippen molar-refractivity contribution in [1.82, 2.24) is 5.32 Å². The molecule has 0 bridgehead atoms. The summed E-state index contributed by atoms with van der Waals surface area (Å²) in [6.07, 6.45) is 1.19. The third-order valence-electron chi connectivity index (χ3n) is 4.01. The van der Waals surface area contributed by atoms with Crippen LogP contribution in [0.4, 0.5) is 0 Å². The van der Waals surface area contributed by atoms with Gasteiger partial charge in [0.1, 0.15) is 12.4 Å². The highest BCUT2D eigenvalue weighted by Gasteiger charge is 2.05. The number of nitrogens with one attached hydrogen (secondary N) is 1. The minimum absolute atomic E-state index is 0.0349. The van der Waals surface area contributed by atoms with Crippen molar-refractivity contribution in [1.29, 1.82) is 0 Å². The van der Waals surface area contributed by atoms with Crippen molar-refractivity contribution in [3.8, 4) is 5.75 Å². The molecule has 0 aliphatic heterocycles. The van der Waals surface area contributed by atoms with E-state index in [1.807, 2.05) is 30.3 Å². The van der Waals surface area contributed by atoms with Crippen molar-refractivity contribution >= 4 is 28.3 Å². The minimum atomic E-state index is 0.0349. The molecule has 0 aromatic heterocycles. The Morgan fingerprint density at radius 3 is 2.56 bits per heavy atom. The monoisotopic (exact) mass is 353 g/mol. The molecule has 0 fully saturated rings. The first-order chi connectivity index (χ1) is 12.2. The predicted molar refractivity (Wildman–Crippen MR) is 102 cm³/mol. The molecule has 0 saturated heterocycles. The zero-order valence-electron chi connectivity index (χ0n) is 13.9. The second kappa shape index (κ2) is 8.54. The van der Waals surface area contributed by atoms with Gasteiger partial charge in [0.25, 0.3) is 0 Å². The largest absolute Gasteiger partial charge is 0.492 e. The maximum atomic E-state index is 12.0. The first-order valence-electron chi connectivity index (χ1n) is 8.34. The molecule has 0 heterocycles. The topological polar surface area (TPSA) is 38.3 Å². The van der Waals surface area contributed by atoms with E-state index in [1.165, 1.54) is 16.3 Å². The van der Waals surface area contributed by atoms with E-state index in [0.717, 1.165) is 12.2 Å². The Balaban J connectivity index is 1.42. The van der Waals surface area contributed by atoms with E-state index in [2.05, 4.69) is 29.6 Å². The lowest BCUT2D eigenvalue weighted by Crippen LogP contribution is -2.28. The average molecular weight is 354 g/mol. The van der Waals surface area contributed by atoms with Crippen molar-refractivity contribution < 1.29 is 9.53 Å². The van der Waals surface area contributed by atoms with Gasteiger partial charge in [-0.1, -0.05) is 54.1 Å². The second-order valence-corrected chi connectivity index (χ2v) is 6.23. The van der Waals surface area contributed by atoms with Crippen molar-refractivity contribution in [2.45, 2.75) is 12.8 Å². The first kappa shape index (κ1) is 17.3. The molecule has 0 saturated carbocycles. The lowest BCUT2D eigenvalue weighted by Gasteiger charge is -2.09. The highest BCUT2D eigenvalue weighted by Crippen LogP contribution is 2.19. The minimum Gasteiger partial charge on any atom is -0.492 e. The number of ether oxygens (including phenoxy) is 1. The van der Waals surface area contributed by atoms with Gasteiger partial charge in [0, 0.05) is 11.4 Å². The molecule has 3 aromatic carbocycles. The number of amides is 1. The fraction of sp³-hybridized carbons (Fsp3) is 0.190. The van der Waals surface area contributed by atoms with Gasteiger partial charge in [-0.3, -0.25) is 4.79 Å². The van der Waals surface area contributed by atoms with Crippen molar-refractivity contribution in [3.05, 3.63) is 77.3 Å². The smallest absolute Gasteiger partial charge is 0.220 e. The van der Waals surface area contributed by atoms with Crippen LogP contribution >= 0.6 is 11.6 Å². The predicted octanol–water partition coefficient (Wildman–Crippen LogP) is 4.62. The van der Waals surface area contributed by atoms with E-state index in [0.29, 0.717) is 24.6 Å². The Kier molecular flexibility index (Phi) is 5.91. The molecule has 1 amide bonds. The number of carbonyl (C=O) groups excluding carboxylic acids is 1. The highest BCUT2D eigenvalue weighted by atomic mass is 35.5. The van der Waals surface area contributed by atoms with Gasteiger partial charge in [-0.05, 0) is 47.0 Å². The van der Waals surface area contributed by atoms with Crippen LogP contribution in [0.2, 0.25) is 5.02 Å². The van der Waals surface area contributed by atoms with E-state index in [4.69, 9.17) is 16.3 Å². The lowest BCUT2D eigenvalue weighted by atomic mass is 10.0. The molecular weight excluding hydrogens is 334 g/mol. The Morgan fingerprint density at radius 1 is 0.960 bits per heavy atom. The van der Waals surface area contributed by atoms with Crippen LogP contribution in [-0.2, 0) is 11.2 Å². The molecule has 3 rings (SSSR count). The summed E-state index contributed by atoms with van der Waals surface area (Å²) in [6.45, 7) is 0.915. The third kappa shape index (κ3) is 4.97. The van der Waals surface area contributed by atoms with Gasteiger partial charge in [0.15, 0.2) is 0 Å². The van der Waals surface area contributed by atoms with Gasteiger partial charge >= 0.3 is 0 Å². The molecule has 3 nitrogen and oxygen atoms in total. The number of carbonyl (C=O) groups is 1. The molecule has 128 valence electrons. The Morgan fingerprint density at radius 2 is 1.72 bits per heavy atom. The first-order valence-corrected chi connectivity index (χ1v) is 8.72. The third-order valence-corrected chi connectivity index (χ3v) is 4.26. The van der Waals surface area contributed by atoms with Crippen LogP contribution in [0.25, 0.3) is 10.8 Å². The maximum absolute atomic E-state index is 12.0. The fourth-order valence-corrected chi connectivity index (χ4v) is 2.86. The van der Waals surface area contributed by atoms with E-state index in [9.17, 15) is 4.79 Å². The molecular formula is C21H20ClNO2. The Hall–Kier alpha value is -2.52. The summed E-state index contributed by atoms with van der Waals surface area (Å²) in [4.78, 5) is 12.0. The van der Waals surface area contributed by atoms with Crippen LogP contribution in [0.3, 0.4) is 0 Å². The summed E-state index contributed by atoms with van der Waals surface area (Å²) in [7, 11) is 0. The van der Waals surface area contributed by atoms with Gasteiger partial charge in [-0.2, -0.15) is 0 Å². The molecule has 0 aliphatic rings. The molecule has 0 aliphatic carbocycles. The summed E-state index contributed by atoms with van der Waals surface area (Å²) in [6, 6.07) is 21.6. The zero-order chi connectivity index (χ0) is 17.5. The molecule has 1 N–H and O–H groups in total. The summed E-state index contributed by atoms with van der Waals surface area (Å²) < 4.78 is 5.56. The average Bonchev–Trinajstić information content (AvgIpc) is 2.65. The van der Waals surface area contributed by atoms with Gasteiger partial charge in [0.2, 0.25) is 5.91 Å². The number of rotatable bonds is 7. The highest BCUT2D eigenvalue weighted by molar-refractivity contribution is 6.30. The molecule has 4 heteroatoms. The van der Waals surface area contributed by atoms with Crippen molar-refractivity contribution in [3.63, 3.8) is 0 Å². The van der Waals surface area contributed by atoms with Gasteiger partial charge in [-0.15, -0.1) is 0 Å². The van der Waals surface area contributed by atoms with Crippen molar-refractivity contribution in [2.75, 3.05) is 13.2 Å². The normalized spacial score (nSPS) is 10.6. The Bertz CT molecular complexity index is 841. The Labute approximate surface area is 152 Å². The summed E-state index contributed by atoms with van der Waals surface area (Å²) in [5.74, 6) is 0.780. The van der Waals surface area contributed by atoms with Gasteiger partial charge in [0.05, 0.1) is 6.54 Å². The van der Waals surface area contributed by atoms with Crippen LogP contribution in [0, 0.1) is 0 Å². The zero-order valence-corrected chi connectivity index (χ0v) is 14.6. The number of halogens is 1. The molecule has 0 atom stereocenters. The van der Waals surface area contributed by atoms with Crippen LogP contribution in [0.15, 0.2) is 66.7 Å². The molecule has 25 heavy (non-hydrogen) atoms. The van der Waals surface area contributed by atoms with Gasteiger partial charge in [-0.25, -0.2) is 0 Å². The van der Waals surface area contributed by atoms with Crippen LogP contribution in [0.1, 0.15) is 12.0 Å². The van der Waals surface area contributed by atoms with Gasteiger partial charge < -0.3 is 10.1 Å². The maximum Gasteiger partial charge on any atom is 0.220 e. The summed E-state index contributed by atoms with van der Waals surface area (Å²) in [5, 5.41) is 5.98. The number of aryl methyl sites for hydroxylation is 1. The van der Waals surface area contributed by atoms with E-state index < -0.39 is 0 Å². The molecule has 3 aromatic rings. The number of fused-ring (bicyclic) bond motifs is 1. The molecule has 0 unspecified atom stereocenters. The van der Waals surface area contributed by atoms with E-state index in [-0.39, 0.29) is 5.91 Å². The quantitative estimate of drug-likeness (QED) is 0.629. The lowest BCUT2D eigenvalue weighted by molar-refractivity contribution is -0.121. The van der Waals surface area contributed by atoms with E-state index >= 15 is 0 Å². The van der Waals surface area contributed by atoms with E-state index in [1.54, 1.807) is 12.1 Å². The number of hydrogen-bond donors (Lipinski definition) is 1. The summed E-state index contributed by atoms with van der Waals surface area (Å²) in [5.41, 5.74) is 1.20. The number of hydrogen-bond acceptors (Lipinski definition) is 2. The SMILES string of the molecule is O=C(CCc1cccc2ccccc12)NCCOc1ccc(Cl)cc1. The van der Waals surface area contributed by atoms with Crippen molar-refractivity contribution in [2.24, 2.45) is 0 Å². The molecule has 0 radical (unpaired) electrons. The number of benzene rings is 3. The second-order valence-electron chi connectivity index (χ2n) is 5.79. The molecule has 0 spiro atoms. The van der Waals surface area contributed by atoms with Crippen LogP contribution in [0.5, 0.6) is 5.75 Å².